The van der Waals surface area contributed by atoms with Gasteiger partial charge in [0.1, 0.15) is 5.75 Å². The van der Waals surface area contributed by atoms with Crippen molar-refractivity contribution < 1.29 is 4.74 Å². The molecule has 1 aromatic carbocycles. The fourth-order valence-corrected chi connectivity index (χ4v) is 2.96. The van der Waals surface area contributed by atoms with Crippen molar-refractivity contribution >= 4 is 0 Å². The highest BCUT2D eigenvalue weighted by atomic mass is 16.5. The smallest absolute Gasteiger partial charge is 0.123 e. The van der Waals surface area contributed by atoms with Gasteiger partial charge in [-0.3, -0.25) is 4.90 Å². The first-order valence-electron chi connectivity index (χ1n) is 6.87. The number of likely N-dealkylation sites (N-methyl/N-ethyl adjacent to an activating group) is 1. The largest absolute Gasteiger partial charge is 0.496 e. The molecular weight excluding hydrogens is 224 g/mol. The van der Waals surface area contributed by atoms with E-state index in [1.165, 1.54) is 12.0 Å². The summed E-state index contributed by atoms with van der Waals surface area (Å²) in [4.78, 5) is 2.57. The lowest BCUT2D eigenvalue weighted by atomic mass is 10.0. The number of ether oxygens (including phenoxy) is 1. The lowest BCUT2D eigenvalue weighted by Gasteiger charge is -2.34. The van der Waals surface area contributed by atoms with E-state index in [1.807, 2.05) is 12.1 Å². The summed E-state index contributed by atoms with van der Waals surface area (Å²) >= 11 is 0. The quantitative estimate of drug-likeness (QED) is 0.866. The van der Waals surface area contributed by atoms with E-state index >= 15 is 0 Å². The molecule has 1 saturated heterocycles. The Balaban J connectivity index is 2.19. The van der Waals surface area contributed by atoms with E-state index in [0.717, 1.165) is 25.4 Å². The number of nitrogens with zero attached hydrogens (tertiary/aromatic N) is 1. The van der Waals surface area contributed by atoms with E-state index < -0.39 is 0 Å². The van der Waals surface area contributed by atoms with Gasteiger partial charge in [-0.2, -0.15) is 0 Å². The van der Waals surface area contributed by atoms with Crippen molar-refractivity contribution in [3.63, 3.8) is 0 Å². The van der Waals surface area contributed by atoms with Crippen LogP contribution in [0.5, 0.6) is 5.75 Å². The number of rotatable bonds is 5. The summed E-state index contributed by atoms with van der Waals surface area (Å²) in [7, 11) is 1.75. The van der Waals surface area contributed by atoms with Gasteiger partial charge in [0.15, 0.2) is 0 Å². The van der Waals surface area contributed by atoms with Crippen LogP contribution in [0.2, 0.25) is 0 Å². The monoisotopic (exact) mass is 248 g/mol. The van der Waals surface area contributed by atoms with E-state index in [0.29, 0.717) is 12.1 Å². The van der Waals surface area contributed by atoms with Gasteiger partial charge < -0.3 is 10.1 Å². The van der Waals surface area contributed by atoms with Crippen molar-refractivity contribution in [1.29, 1.82) is 0 Å². The fraction of sp³-hybridized carbons (Fsp3) is 0.600. The third-order valence-electron chi connectivity index (χ3n) is 3.95. The summed E-state index contributed by atoms with van der Waals surface area (Å²) in [5.41, 5.74) is 1.29. The van der Waals surface area contributed by atoms with Crippen LogP contribution in [0.25, 0.3) is 0 Å². The fourth-order valence-electron chi connectivity index (χ4n) is 2.96. The number of nitrogens with one attached hydrogen (secondary N) is 1. The van der Waals surface area contributed by atoms with Gasteiger partial charge in [0, 0.05) is 24.2 Å². The topological polar surface area (TPSA) is 24.5 Å². The SMILES string of the molecule is CCN(C1CCNC1)C(C)c1ccccc1OC. The number of hydrogen-bond acceptors (Lipinski definition) is 3. The van der Waals surface area contributed by atoms with Crippen molar-refractivity contribution in [2.75, 3.05) is 26.7 Å². The van der Waals surface area contributed by atoms with Crippen molar-refractivity contribution in [1.82, 2.24) is 10.2 Å². The molecule has 3 nitrogen and oxygen atoms in total. The summed E-state index contributed by atoms with van der Waals surface area (Å²) in [6.07, 6.45) is 1.24. The van der Waals surface area contributed by atoms with Gasteiger partial charge >= 0.3 is 0 Å². The van der Waals surface area contributed by atoms with E-state index in [2.05, 4.69) is 36.2 Å². The van der Waals surface area contributed by atoms with Crippen LogP contribution < -0.4 is 10.1 Å². The maximum absolute atomic E-state index is 5.48. The number of methoxy groups -OCH3 is 1. The Hall–Kier alpha value is -1.06. The number of benzene rings is 1. The molecule has 1 aliphatic rings. The van der Waals surface area contributed by atoms with Crippen molar-refractivity contribution in [2.45, 2.75) is 32.4 Å². The maximum atomic E-state index is 5.48. The van der Waals surface area contributed by atoms with Crippen LogP contribution in [-0.4, -0.2) is 37.7 Å². The second kappa shape index (κ2) is 6.21. The van der Waals surface area contributed by atoms with Gasteiger partial charge in [0.2, 0.25) is 0 Å². The summed E-state index contributed by atoms with van der Waals surface area (Å²) in [6, 6.07) is 9.39. The molecule has 0 amide bonds. The molecule has 2 unspecified atom stereocenters. The predicted molar refractivity (Wildman–Crippen MR) is 75.1 cm³/mol. The van der Waals surface area contributed by atoms with Gasteiger partial charge in [-0.15, -0.1) is 0 Å². The van der Waals surface area contributed by atoms with E-state index in [1.54, 1.807) is 7.11 Å². The highest BCUT2D eigenvalue weighted by Crippen LogP contribution is 2.30. The summed E-state index contributed by atoms with van der Waals surface area (Å²) in [6.45, 7) is 7.84. The maximum Gasteiger partial charge on any atom is 0.123 e. The molecule has 0 aliphatic carbocycles. The molecule has 100 valence electrons. The second-order valence-corrected chi connectivity index (χ2v) is 4.89. The van der Waals surface area contributed by atoms with Gasteiger partial charge in [-0.1, -0.05) is 25.1 Å². The molecule has 1 aliphatic heterocycles. The number of para-hydroxylation sites is 1. The van der Waals surface area contributed by atoms with Crippen molar-refractivity contribution in [3.05, 3.63) is 29.8 Å². The first kappa shape index (κ1) is 13.4. The van der Waals surface area contributed by atoms with Crippen LogP contribution in [0.3, 0.4) is 0 Å². The Morgan fingerprint density at radius 1 is 1.44 bits per heavy atom. The zero-order valence-corrected chi connectivity index (χ0v) is 11.6. The highest BCUT2D eigenvalue weighted by Gasteiger charge is 2.27. The van der Waals surface area contributed by atoms with Crippen molar-refractivity contribution in [2.24, 2.45) is 0 Å². The summed E-state index contributed by atoms with van der Waals surface area (Å²) in [5.74, 6) is 0.995. The average molecular weight is 248 g/mol. The Kier molecular flexibility index (Phi) is 4.61. The van der Waals surface area contributed by atoms with Crippen molar-refractivity contribution in [3.8, 4) is 5.75 Å². The first-order chi connectivity index (χ1) is 8.77. The van der Waals surface area contributed by atoms with E-state index in [-0.39, 0.29) is 0 Å². The molecule has 1 fully saturated rings. The molecule has 0 saturated carbocycles. The lowest BCUT2D eigenvalue weighted by molar-refractivity contribution is 0.160. The molecule has 0 aromatic heterocycles. The third kappa shape index (κ3) is 2.68. The second-order valence-electron chi connectivity index (χ2n) is 4.89. The van der Waals surface area contributed by atoms with E-state index in [9.17, 15) is 0 Å². The van der Waals surface area contributed by atoms with Gasteiger partial charge in [-0.05, 0) is 32.5 Å². The molecule has 1 aromatic rings. The van der Waals surface area contributed by atoms with Gasteiger partial charge in [-0.25, -0.2) is 0 Å². The van der Waals surface area contributed by atoms with Crippen LogP contribution >= 0.6 is 0 Å². The Morgan fingerprint density at radius 2 is 2.22 bits per heavy atom. The highest BCUT2D eigenvalue weighted by molar-refractivity contribution is 5.35. The molecule has 3 heteroatoms. The molecular formula is C15H24N2O. The molecule has 0 spiro atoms. The lowest BCUT2D eigenvalue weighted by Crippen LogP contribution is -2.38. The minimum absolute atomic E-state index is 0.399. The molecule has 1 N–H and O–H groups in total. The first-order valence-corrected chi connectivity index (χ1v) is 6.87. The predicted octanol–water partition coefficient (Wildman–Crippen LogP) is 2.44. The van der Waals surface area contributed by atoms with Gasteiger partial charge in [0.05, 0.1) is 7.11 Å². The number of hydrogen-bond donors (Lipinski definition) is 1. The molecule has 18 heavy (non-hydrogen) atoms. The Bertz CT molecular complexity index is 375. The van der Waals surface area contributed by atoms with E-state index in [4.69, 9.17) is 4.74 Å². The minimum atomic E-state index is 0.399. The molecule has 2 atom stereocenters. The van der Waals surface area contributed by atoms with Crippen LogP contribution in [0.4, 0.5) is 0 Å². The zero-order chi connectivity index (χ0) is 13.0. The average Bonchev–Trinajstić information content (AvgIpc) is 2.93. The standard InChI is InChI=1S/C15H24N2O/c1-4-17(13-9-10-16-11-13)12(2)14-7-5-6-8-15(14)18-3/h5-8,12-13,16H,4,9-11H2,1-3H3. The minimum Gasteiger partial charge on any atom is -0.496 e. The molecule has 1 heterocycles. The zero-order valence-electron chi connectivity index (χ0n) is 11.6. The Morgan fingerprint density at radius 3 is 2.83 bits per heavy atom. The molecule has 2 rings (SSSR count). The Labute approximate surface area is 110 Å². The van der Waals surface area contributed by atoms with Crippen LogP contribution in [0.15, 0.2) is 24.3 Å². The normalized spacial score (nSPS) is 21.2. The van der Waals surface area contributed by atoms with Gasteiger partial charge in [0.25, 0.3) is 0 Å². The third-order valence-corrected chi connectivity index (χ3v) is 3.95. The van der Waals surface area contributed by atoms with Crippen LogP contribution in [0.1, 0.15) is 31.9 Å². The van der Waals surface area contributed by atoms with Crippen LogP contribution in [-0.2, 0) is 0 Å². The van der Waals surface area contributed by atoms with Crippen LogP contribution in [0, 0.1) is 0 Å². The molecule has 0 radical (unpaired) electrons. The molecule has 0 bridgehead atoms. The summed E-state index contributed by atoms with van der Waals surface area (Å²) < 4.78 is 5.48. The summed E-state index contributed by atoms with van der Waals surface area (Å²) in [5, 5.41) is 3.45.